The largest absolute Gasteiger partial charge is 0.376 e. The van der Waals surface area contributed by atoms with Crippen molar-refractivity contribution in [2.24, 2.45) is 11.3 Å². The molecule has 166 valence electrons. The van der Waals surface area contributed by atoms with Gasteiger partial charge in [0.15, 0.2) is 0 Å². The molecule has 0 saturated carbocycles. The van der Waals surface area contributed by atoms with E-state index in [4.69, 9.17) is 16.3 Å². The van der Waals surface area contributed by atoms with Gasteiger partial charge in [0.2, 0.25) is 5.91 Å². The van der Waals surface area contributed by atoms with E-state index in [0.29, 0.717) is 23.7 Å². The van der Waals surface area contributed by atoms with E-state index in [2.05, 4.69) is 22.5 Å². The van der Waals surface area contributed by atoms with Crippen molar-refractivity contribution in [3.63, 3.8) is 0 Å². The summed E-state index contributed by atoms with van der Waals surface area (Å²) in [5.41, 5.74) is 1.42. The Morgan fingerprint density at radius 2 is 1.97 bits per heavy atom. The number of nitrogens with zero attached hydrogens (tertiary/aromatic N) is 1. The van der Waals surface area contributed by atoms with E-state index in [1.54, 1.807) is 19.9 Å². The van der Waals surface area contributed by atoms with E-state index in [1.807, 2.05) is 12.1 Å². The third-order valence-electron chi connectivity index (χ3n) is 6.09. The van der Waals surface area contributed by atoms with Gasteiger partial charge in [-0.2, -0.15) is 0 Å². The Labute approximate surface area is 184 Å². The summed E-state index contributed by atoms with van der Waals surface area (Å²) in [6.45, 7) is 8.99. The summed E-state index contributed by atoms with van der Waals surface area (Å²) in [5.74, 6) is 0.626. The molecule has 0 radical (unpaired) electrons. The molecule has 2 aliphatic heterocycles. The van der Waals surface area contributed by atoms with Crippen LogP contribution in [0.3, 0.4) is 0 Å². The lowest BCUT2D eigenvalue weighted by atomic mass is 9.95. The number of carbonyl (C=O) groups is 2. The molecule has 1 unspecified atom stereocenters. The monoisotopic (exact) mass is 435 g/mol. The van der Waals surface area contributed by atoms with Gasteiger partial charge in [-0.1, -0.05) is 6.92 Å². The lowest BCUT2D eigenvalue weighted by Crippen LogP contribution is -2.37. The Morgan fingerprint density at radius 1 is 1.23 bits per heavy atom. The maximum absolute atomic E-state index is 13.1. The Morgan fingerprint density at radius 3 is 2.60 bits per heavy atom. The number of ether oxygens (including phenoxy) is 1. The molecule has 2 saturated heterocycles. The van der Waals surface area contributed by atoms with E-state index >= 15 is 0 Å². The number of piperidine rings is 1. The number of alkyl halides is 1. The van der Waals surface area contributed by atoms with Crippen LogP contribution < -0.4 is 15.5 Å². The molecule has 2 N–H and O–H groups in total. The highest BCUT2D eigenvalue weighted by atomic mass is 35.5. The minimum absolute atomic E-state index is 0.0839. The summed E-state index contributed by atoms with van der Waals surface area (Å²) in [6, 6.07) is 5.59. The summed E-state index contributed by atoms with van der Waals surface area (Å²) in [5, 5.41) is 5.94. The molecular weight excluding hydrogens is 402 g/mol. The van der Waals surface area contributed by atoms with Crippen LogP contribution in [-0.4, -0.2) is 50.0 Å². The first-order valence-corrected chi connectivity index (χ1v) is 11.5. The first kappa shape index (κ1) is 22.9. The maximum Gasteiger partial charge on any atom is 0.253 e. The second kappa shape index (κ2) is 10.0. The van der Waals surface area contributed by atoms with Gasteiger partial charge >= 0.3 is 0 Å². The van der Waals surface area contributed by atoms with Gasteiger partial charge < -0.3 is 20.3 Å². The molecule has 3 rings (SSSR count). The van der Waals surface area contributed by atoms with Crippen LogP contribution in [0.5, 0.6) is 0 Å². The zero-order chi connectivity index (χ0) is 21.7. The van der Waals surface area contributed by atoms with Crippen LogP contribution in [0.15, 0.2) is 18.2 Å². The van der Waals surface area contributed by atoms with Crippen molar-refractivity contribution in [3.8, 4) is 0 Å². The summed E-state index contributed by atoms with van der Waals surface area (Å²) in [6.07, 6.45) is 4.32. The van der Waals surface area contributed by atoms with Crippen LogP contribution in [0.4, 0.5) is 11.4 Å². The zero-order valence-electron chi connectivity index (χ0n) is 18.3. The van der Waals surface area contributed by atoms with Gasteiger partial charge in [-0.05, 0) is 63.6 Å². The normalized spacial score (nSPS) is 20.3. The Bertz CT molecular complexity index is 754. The molecule has 0 bridgehead atoms. The SMILES string of the molecule is CC1CCN(c2ccc(NC(=O)C(C)(C)CCl)cc2C(=O)NCC2CCCO2)CC1. The van der Waals surface area contributed by atoms with Crippen molar-refractivity contribution in [1.29, 1.82) is 0 Å². The summed E-state index contributed by atoms with van der Waals surface area (Å²) >= 11 is 5.93. The highest BCUT2D eigenvalue weighted by Gasteiger charge is 2.28. The van der Waals surface area contributed by atoms with E-state index in [9.17, 15) is 9.59 Å². The fourth-order valence-corrected chi connectivity index (χ4v) is 3.91. The third-order valence-corrected chi connectivity index (χ3v) is 6.75. The van der Waals surface area contributed by atoms with Gasteiger partial charge in [0.1, 0.15) is 0 Å². The fraction of sp³-hybridized carbons (Fsp3) is 0.652. The van der Waals surface area contributed by atoms with Crippen molar-refractivity contribution in [2.45, 2.75) is 52.6 Å². The van der Waals surface area contributed by atoms with Gasteiger partial charge in [-0.15, -0.1) is 11.6 Å². The topological polar surface area (TPSA) is 70.7 Å². The average molecular weight is 436 g/mol. The average Bonchev–Trinajstić information content (AvgIpc) is 3.26. The van der Waals surface area contributed by atoms with Crippen molar-refractivity contribution in [3.05, 3.63) is 23.8 Å². The Balaban J connectivity index is 1.80. The van der Waals surface area contributed by atoms with Crippen LogP contribution in [0, 0.1) is 11.3 Å². The van der Waals surface area contributed by atoms with Crippen LogP contribution in [0.25, 0.3) is 0 Å². The number of nitrogens with one attached hydrogen (secondary N) is 2. The summed E-state index contributed by atoms with van der Waals surface area (Å²) in [4.78, 5) is 27.9. The Kier molecular flexibility index (Phi) is 7.64. The third kappa shape index (κ3) is 5.67. The highest BCUT2D eigenvalue weighted by molar-refractivity contribution is 6.20. The molecule has 2 aliphatic rings. The molecule has 0 spiro atoms. The van der Waals surface area contributed by atoms with Gasteiger partial charge in [-0.3, -0.25) is 9.59 Å². The number of amides is 2. The number of rotatable bonds is 7. The van der Waals surface area contributed by atoms with Gasteiger partial charge in [0.05, 0.1) is 17.1 Å². The van der Waals surface area contributed by atoms with Crippen LogP contribution >= 0.6 is 11.6 Å². The predicted octanol–water partition coefficient (Wildman–Crippen LogP) is 4.04. The maximum atomic E-state index is 13.1. The quantitative estimate of drug-likeness (QED) is 0.634. The van der Waals surface area contributed by atoms with Crippen LogP contribution in [0.2, 0.25) is 0 Å². The molecule has 7 heteroatoms. The Hall–Kier alpha value is -1.79. The molecular formula is C23H34ClN3O3. The number of anilines is 2. The molecule has 2 amide bonds. The molecule has 6 nitrogen and oxygen atoms in total. The van der Waals surface area contributed by atoms with Gasteiger partial charge in [0.25, 0.3) is 5.91 Å². The second-order valence-corrected chi connectivity index (χ2v) is 9.49. The lowest BCUT2D eigenvalue weighted by Gasteiger charge is -2.33. The fourth-order valence-electron chi connectivity index (χ4n) is 3.79. The molecule has 0 aliphatic carbocycles. The lowest BCUT2D eigenvalue weighted by molar-refractivity contribution is -0.122. The predicted molar refractivity (Wildman–Crippen MR) is 121 cm³/mol. The molecule has 2 heterocycles. The number of halogens is 1. The number of benzene rings is 1. The van der Waals surface area contributed by atoms with Gasteiger partial charge in [-0.25, -0.2) is 0 Å². The van der Waals surface area contributed by atoms with E-state index in [1.165, 1.54) is 0 Å². The number of carbonyl (C=O) groups excluding carboxylic acids is 2. The standard InChI is InChI=1S/C23H34ClN3O3/c1-16-8-10-27(11-9-16)20-7-6-17(26-22(29)23(2,3)15-24)13-19(20)21(28)25-14-18-5-4-12-30-18/h6-7,13,16,18H,4-5,8-12,14-15H2,1-3H3,(H,25,28)(H,26,29). The summed E-state index contributed by atoms with van der Waals surface area (Å²) in [7, 11) is 0. The van der Waals surface area contributed by atoms with Crippen molar-refractivity contribution >= 4 is 34.8 Å². The highest BCUT2D eigenvalue weighted by Crippen LogP contribution is 2.30. The molecule has 2 fully saturated rings. The molecule has 1 aromatic rings. The van der Waals surface area contributed by atoms with Crippen molar-refractivity contribution in [1.82, 2.24) is 5.32 Å². The molecule has 1 atom stereocenters. The van der Waals surface area contributed by atoms with Crippen LogP contribution in [-0.2, 0) is 9.53 Å². The minimum Gasteiger partial charge on any atom is -0.376 e. The first-order valence-electron chi connectivity index (χ1n) is 11.0. The number of hydrogen-bond donors (Lipinski definition) is 2. The van der Waals surface area contributed by atoms with E-state index < -0.39 is 5.41 Å². The van der Waals surface area contributed by atoms with Gasteiger partial charge in [0, 0.05) is 43.5 Å². The van der Waals surface area contributed by atoms with E-state index in [-0.39, 0.29) is 23.8 Å². The number of hydrogen-bond acceptors (Lipinski definition) is 4. The van der Waals surface area contributed by atoms with E-state index in [0.717, 1.165) is 51.1 Å². The minimum atomic E-state index is -0.689. The molecule has 1 aromatic carbocycles. The van der Waals surface area contributed by atoms with Crippen molar-refractivity contribution < 1.29 is 14.3 Å². The smallest absolute Gasteiger partial charge is 0.253 e. The second-order valence-electron chi connectivity index (χ2n) is 9.22. The van der Waals surface area contributed by atoms with Crippen molar-refractivity contribution in [2.75, 3.05) is 42.3 Å². The summed E-state index contributed by atoms with van der Waals surface area (Å²) < 4.78 is 5.63. The molecule has 0 aromatic heterocycles. The zero-order valence-corrected chi connectivity index (χ0v) is 19.1. The van der Waals surface area contributed by atoms with Crippen LogP contribution in [0.1, 0.15) is 56.8 Å². The first-order chi connectivity index (χ1) is 14.3. The molecule has 30 heavy (non-hydrogen) atoms.